The summed E-state index contributed by atoms with van der Waals surface area (Å²) in [5.41, 5.74) is 3.15. The van der Waals surface area contributed by atoms with Crippen LogP contribution in [0.4, 0.5) is 0 Å². The molecule has 1 aromatic carbocycles. The topological polar surface area (TPSA) is 49.2 Å². The summed E-state index contributed by atoms with van der Waals surface area (Å²) in [6.45, 7) is 3.09. The summed E-state index contributed by atoms with van der Waals surface area (Å²) in [6.07, 6.45) is 6.42. The highest BCUT2D eigenvalue weighted by Crippen LogP contribution is 2.32. The minimum atomic E-state index is 0.255. The Kier molecular flexibility index (Phi) is 4.64. The molecule has 2 aromatic rings. The normalized spacial score (nSPS) is 21.9. The van der Waals surface area contributed by atoms with Crippen molar-refractivity contribution in [1.82, 2.24) is 15.0 Å². The molecule has 1 unspecified atom stereocenters. The molecule has 4 rings (SSSR count). The summed E-state index contributed by atoms with van der Waals surface area (Å²) in [5, 5.41) is 8.65. The Balaban J connectivity index is 1.41. The SMILES string of the molecule is Brc1c(COCC2CCCCO2)ccc2c1nnn2CC1CC1. The van der Waals surface area contributed by atoms with Crippen LogP contribution in [0, 0.1) is 5.92 Å². The second-order valence-electron chi connectivity index (χ2n) is 6.63. The number of benzene rings is 1. The minimum Gasteiger partial charge on any atom is -0.376 e. The van der Waals surface area contributed by atoms with Gasteiger partial charge in [0.1, 0.15) is 5.52 Å². The molecule has 0 bridgehead atoms. The van der Waals surface area contributed by atoms with E-state index >= 15 is 0 Å². The molecule has 1 atom stereocenters. The van der Waals surface area contributed by atoms with Crippen molar-refractivity contribution in [2.24, 2.45) is 5.92 Å². The lowest BCUT2D eigenvalue weighted by atomic mass is 10.1. The molecule has 0 N–H and O–H groups in total. The van der Waals surface area contributed by atoms with E-state index in [-0.39, 0.29) is 6.10 Å². The molecule has 6 heteroatoms. The van der Waals surface area contributed by atoms with Crippen molar-refractivity contribution in [2.75, 3.05) is 13.2 Å². The Morgan fingerprint density at radius 2 is 2.17 bits per heavy atom. The first-order chi connectivity index (χ1) is 11.3. The third kappa shape index (κ3) is 3.59. The quantitative estimate of drug-likeness (QED) is 0.767. The van der Waals surface area contributed by atoms with Gasteiger partial charge in [-0.3, -0.25) is 0 Å². The van der Waals surface area contributed by atoms with Gasteiger partial charge in [0.25, 0.3) is 0 Å². The van der Waals surface area contributed by atoms with Crippen LogP contribution in [0.3, 0.4) is 0 Å². The van der Waals surface area contributed by atoms with E-state index in [1.165, 1.54) is 25.7 Å². The lowest BCUT2D eigenvalue weighted by Gasteiger charge is -2.22. The number of hydrogen-bond acceptors (Lipinski definition) is 4. The molecule has 5 nitrogen and oxygen atoms in total. The highest BCUT2D eigenvalue weighted by atomic mass is 79.9. The van der Waals surface area contributed by atoms with Crippen molar-refractivity contribution in [3.63, 3.8) is 0 Å². The van der Waals surface area contributed by atoms with Gasteiger partial charge in [-0.2, -0.15) is 0 Å². The molecule has 0 amide bonds. The zero-order chi connectivity index (χ0) is 15.6. The van der Waals surface area contributed by atoms with Gasteiger partial charge in [-0.1, -0.05) is 11.3 Å². The number of halogens is 1. The lowest BCUT2D eigenvalue weighted by Crippen LogP contribution is -2.24. The van der Waals surface area contributed by atoms with Crippen LogP contribution in [0.1, 0.15) is 37.7 Å². The molecule has 124 valence electrons. The molecule has 2 aliphatic rings. The van der Waals surface area contributed by atoms with Gasteiger partial charge in [0.15, 0.2) is 0 Å². The molecule has 1 saturated heterocycles. The van der Waals surface area contributed by atoms with Gasteiger partial charge in [-0.15, -0.1) is 5.10 Å². The third-order valence-electron chi connectivity index (χ3n) is 4.67. The third-order valence-corrected chi connectivity index (χ3v) is 5.55. The standard InChI is InChI=1S/C17H22BrN3O2/c18-16-13(10-22-11-14-3-1-2-8-23-14)6-7-15-17(16)19-20-21(15)9-12-4-5-12/h6-7,12,14H,1-5,8-11H2. The maximum atomic E-state index is 5.86. The average Bonchev–Trinajstić information content (AvgIpc) is 3.30. The first-order valence-corrected chi connectivity index (χ1v) is 9.30. The summed E-state index contributed by atoms with van der Waals surface area (Å²) in [5.74, 6) is 0.789. The molecular formula is C17H22BrN3O2. The largest absolute Gasteiger partial charge is 0.376 e. The monoisotopic (exact) mass is 379 g/mol. The minimum absolute atomic E-state index is 0.255. The van der Waals surface area contributed by atoms with Gasteiger partial charge in [0.2, 0.25) is 0 Å². The second-order valence-corrected chi connectivity index (χ2v) is 7.42. The smallest absolute Gasteiger partial charge is 0.127 e. The summed E-state index contributed by atoms with van der Waals surface area (Å²) in [6, 6.07) is 4.22. The van der Waals surface area contributed by atoms with Crippen molar-refractivity contribution >= 4 is 27.0 Å². The molecule has 1 aliphatic heterocycles. The molecule has 0 radical (unpaired) electrons. The van der Waals surface area contributed by atoms with Gasteiger partial charge in [-0.05, 0) is 65.6 Å². The molecule has 2 heterocycles. The zero-order valence-electron chi connectivity index (χ0n) is 13.2. The first kappa shape index (κ1) is 15.5. The maximum Gasteiger partial charge on any atom is 0.127 e. The van der Waals surface area contributed by atoms with Crippen LogP contribution in [-0.2, 0) is 22.6 Å². The van der Waals surface area contributed by atoms with Gasteiger partial charge in [0.05, 0.1) is 29.3 Å². The van der Waals surface area contributed by atoms with Gasteiger partial charge < -0.3 is 9.47 Å². The Labute approximate surface area is 144 Å². The van der Waals surface area contributed by atoms with E-state index < -0.39 is 0 Å². The highest BCUT2D eigenvalue weighted by Gasteiger charge is 2.23. The van der Waals surface area contributed by atoms with Crippen molar-refractivity contribution in [1.29, 1.82) is 0 Å². The Morgan fingerprint density at radius 1 is 1.26 bits per heavy atom. The summed E-state index contributed by atoms with van der Waals surface area (Å²) in [4.78, 5) is 0. The number of rotatable bonds is 6. The predicted molar refractivity (Wildman–Crippen MR) is 91.2 cm³/mol. The first-order valence-electron chi connectivity index (χ1n) is 8.51. The fraction of sp³-hybridized carbons (Fsp3) is 0.647. The van der Waals surface area contributed by atoms with E-state index in [0.717, 1.165) is 46.6 Å². The Bertz CT molecular complexity index is 678. The Hall–Kier alpha value is -0.980. The number of fused-ring (bicyclic) bond motifs is 1. The van der Waals surface area contributed by atoms with E-state index in [1.54, 1.807) is 0 Å². The van der Waals surface area contributed by atoms with Crippen molar-refractivity contribution in [3.05, 3.63) is 22.2 Å². The number of ether oxygens (including phenoxy) is 2. The van der Waals surface area contributed by atoms with E-state index in [4.69, 9.17) is 9.47 Å². The number of aromatic nitrogens is 3. The van der Waals surface area contributed by atoms with Crippen LogP contribution in [0.5, 0.6) is 0 Å². The molecule has 0 spiro atoms. The van der Waals surface area contributed by atoms with Crippen molar-refractivity contribution in [3.8, 4) is 0 Å². The van der Waals surface area contributed by atoms with E-state index in [9.17, 15) is 0 Å². The lowest BCUT2D eigenvalue weighted by molar-refractivity contribution is -0.0448. The van der Waals surface area contributed by atoms with E-state index in [0.29, 0.717) is 13.2 Å². The fourth-order valence-electron chi connectivity index (χ4n) is 3.08. The zero-order valence-corrected chi connectivity index (χ0v) is 14.8. The summed E-state index contributed by atoms with van der Waals surface area (Å²) < 4.78 is 14.6. The predicted octanol–water partition coefficient (Wildman–Crippen LogP) is 3.69. The van der Waals surface area contributed by atoms with Gasteiger partial charge in [-0.25, -0.2) is 4.68 Å². The molecule has 1 saturated carbocycles. The van der Waals surface area contributed by atoms with Crippen molar-refractivity contribution in [2.45, 2.75) is 51.4 Å². The van der Waals surface area contributed by atoms with Gasteiger partial charge in [0, 0.05) is 13.2 Å². The van der Waals surface area contributed by atoms with Gasteiger partial charge >= 0.3 is 0 Å². The molecule has 2 fully saturated rings. The van der Waals surface area contributed by atoms with Crippen LogP contribution < -0.4 is 0 Å². The Morgan fingerprint density at radius 3 is 2.96 bits per heavy atom. The van der Waals surface area contributed by atoms with Crippen molar-refractivity contribution < 1.29 is 9.47 Å². The fourth-order valence-corrected chi connectivity index (χ4v) is 3.61. The second kappa shape index (κ2) is 6.87. The van der Waals surface area contributed by atoms with E-state index in [2.05, 4.69) is 38.4 Å². The number of nitrogens with zero attached hydrogens (tertiary/aromatic N) is 3. The highest BCUT2D eigenvalue weighted by molar-refractivity contribution is 9.10. The molecule has 23 heavy (non-hydrogen) atoms. The molecular weight excluding hydrogens is 358 g/mol. The van der Waals surface area contributed by atoms with E-state index in [1.807, 2.05) is 4.68 Å². The van der Waals surface area contributed by atoms with Crippen LogP contribution in [0.25, 0.3) is 11.0 Å². The van der Waals surface area contributed by atoms with Crippen LogP contribution in [0.2, 0.25) is 0 Å². The van der Waals surface area contributed by atoms with Crippen LogP contribution in [-0.4, -0.2) is 34.3 Å². The summed E-state index contributed by atoms with van der Waals surface area (Å²) in [7, 11) is 0. The number of hydrogen-bond donors (Lipinski definition) is 0. The summed E-state index contributed by atoms with van der Waals surface area (Å²) >= 11 is 3.68. The van der Waals surface area contributed by atoms with Crippen LogP contribution >= 0.6 is 15.9 Å². The molecule has 1 aliphatic carbocycles. The molecule has 1 aromatic heterocycles. The average molecular weight is 380 g/mol. The van der Waals surface area contributed by atoms with Crippen LogP contribution in [0.15, 0.2) is 16.6 Å². The maximum absolute atomic E-state index is 5.86.